The van der Waals surface area contributed by atoms with Gasteiger partial charge >= 0.3 is 0 Å². The van der Waals surface area contributed by atoms with E-state index in [2.05, 4.69) is 40.6 Å². The highest BCUT2D eigenvalue weighted by Crippen LogP contribution is 2.28. The molecule has 3 aromatic rings. The van der Waals surface area contributed by atoms with Gasteiger partial charge in [0.2, 0.25) is 5.13 Å². The molecule has 0 spiro atoms. The molecule has 0 unspecified atom stereocenters. The summed E-state index contributed by atoms with van der Waals surface area (Å²) in [4.78, 5) is 12.0. The number of carbonyl (C=O) groups is 1. The van der Waals surface area contributed by atoms with E-state index < -0.39 is 11.7 Å². The van der Waals surface area contributed by atoms with Crippen LogP contribution in [0.2, 0.25) is 0 Å². The molecular weight excluding hydrogens is 345 g/mol. The second-order valence-electron chi connectivity index (χ2n) is 5.08. The van der Waals surface area contributed by atoms with E-state index >= 15 is 0 Å². The molecule has 4 nitrogen and oxygen atoms in total. The highest BCUT2D eigenvalue weighted by Gasteiger charge is 2.13. The maximum Gasteiger partial charge on any atom is 0.260 e. The van der Waals surface area contributed by atoms with Gasteiger partial charge < -0.3 is 0 Å². The van der Waals surface area contributed by atoms with Gasteiger partial charge in [-0.1, -0.05) is 65.1 Å². The normalized spacial score (nSPS) is 10.6. The van der Waals surface area contributed by atoms with Gasteiger partial charge in [0.05, 0.1) is 5.56 Å². The number of hydrogen-bond acceptors (Lipinski definition) is 5. The second kappa shape index (κ2) is 7.55. The molecular formula is C17H14FN3OS2. The maximum atomic E-state index is 13.6. The Balaban J connectivity index is 1.61. The van der Waals surface area contributed by atoms with Crippen molar-refractivity contribution in [3.8, 4) is 0 Å². The number of halogens is 1. The van der Waals surface area contributed by atoms with Crippen molar-refractivity contribution in [3.05, 3.63) is 71.0 Å². The highest BCUT2D eigenvalue weighted by atomic mass is 32.2. The minimum atomic E-state index is -0.562. The van der Waals surface area contributed by atoms with Crippen molar-refractivity contribution in [2.75, 3.05) is 5.32 Å². The predicted molar refractivity (Wildman–Crippen MR) is 95.0 cm³/mol. The van der Waals surface area contributed by atoms with E-state index in [9.17, 15) is 9.18 Å². The molecule has 0 atom stereocenters. The molecule has 0 aliphatic heterocycles. The number of aryl methyl sites for hydroxylation is 1. The van der Waals surface area contributed by atoms with Crippen LogP contribution in [0.3, 0.4) is 0 Å². The van der Waals surface area contributed by atoms with Crippen LogP contribution in [0, 0.1) is 12.7 Å². The van der Waals surface area contributed by atoms with Gasteiger partial charge in [-0.25, -0.2) is 4.39 Å². The molecule has 0 fully saturated rings. The summed E-state index contributed by atoms with van der Waals surface area (Å²) in [5.41, 5.74) is 2.40. The van der Waals surface area contributed by atoms with E-state index in [4.69, 9.17) is 0 Å². The number of anilines is 1. The fraction of sp³-hybridized carbons (Fsp3) is 0.118. The lowest BCUT2D eigenvalue weighted by molar-refractivity contribution is 0.102. The zero-order valence-electron chi connectivity index (χ0n) is 12.8. The lowest BCUT2D eigenvalue weighted by Gasteiger charge is -2.01. The Labute approximate surface area is 147 Å². The zero-order chi connectivity index (χ0) is 16.9. The number of amides is 1. The molecule has 1 aromatic heterocycles. The fourth-order valence-corrected chi connectivity index (χ4v) is 3.77. The largest absolute Gasteiger partial charge is 0.296 e. The molecule has 0 radical (unpaired) electrons. The van der Waals surface area contributed by atoms with Crippen molar-refractivity contribution in [3.63, 3.8) is 0 Å². The second-order valence-corrected chi connectivity index (χ2v) is 7.28. The molecule has 0 aliphatic rings. The number of nitrogens with one attached hydrogen (secondary N) is 1. The molecule has 0 saturated carbocycles. The summed E-state index contributed by atoms with van der Waals surface area (Å²) in [6.45, 7) is 2.05. The molecule has 2 aromatic carbocycles. The van der Waals surface area contributed by atoms with Crippen molar-refractivity contribution in [1.82, 2.24) is 10.2 Å². The Kier molecular flexibility index (Phi) is 5.22. The van der Waals surface area contributed by atoms with Crippen LogP contribution in [-0.4, -0.2) is 16.1 Å². The van der Waals surface area contributed by atoms with Gasteiger partial charge in [0, 0.05) is 5.75 Å². The summed E-state index contributed by atoms with van der Waals surface area (Å²) in [6, 6.07) is 14.1. The monoisotopic (exact) mass is 359 g/mol. The van der Waals surface area contributed by atoms with Gasteiger partial charge in [-0.15, -0.1) is 10.2 Å². The lowest BCUT2D eigenvalue weighted by atomic mass is 10.2. The number of nitrogens with zero attached hydrogens (tertiary/aromatic N) is 2. The van der Waals surface area contributed by atoms with Crippen molar-refractivity contribution in [2.45, 2.75) is 17.0 Å². The predicted octanol–water partition coefficient (Wildman–Crippen LogP) is 4.53. The van der Waals surface area contributed by atoms with E-state index in [1.807, 2.05) is 6.07 Å². The van der Waals surface area contributed by atoms with E-state index in [0.29, 0.717) is 5.13 Å². The first-order chi connectivity index (χ1) is 11.6. The quantitative estimate of drug-likeness (QED) is 0.537. The third-order valence-corrected chi connectivity index (χ3v) is 5.23. The van der Waals surface area contributed by atoms with Crippen LogP contribution in [0.5, 0.6) is 0 Å². The number of carbonyl (C=O) groups excluding carboxylic acids is 1. The molecule has 1 heterocycles. The molecule has 122 valence electrons. The van der Waals surface area contributed by atoms with E-state index in [0.717, 1.165) is 10.1 Å². The first-order valence-electron chi connectivity index (χ1n) is 7.19. The summed E-state index contributed by atoms with van der Waals surface area (Å²) in [5.74, 6) is -0.314. The SMILES string of the molecule is Cc1cccc(CSc2nnc(NC(=O)c3ccccc3F)s2)c1. The maximum absolute atomic E-state index is 13.6. The molecule has 3 rings (SSSR count). The topological polar surface area (TPSA) is 54.9 Å². The highest BCUT2D eigenvalue weighted by molar-refractivity contribution is 8.00. The average molecular weight is 359 g/mol. The van der Waals surface area contributed by atoms with Gasteiger partial charge in [0.1, 0.15) is 5.82 Å². The van der Waals surface area contributed by atoms with Crippen LogP contribution in [0.25, 0.3) is 0 Å². The Hall–Kier alpha value is -2.25. The summed E-state index contributed by atoms with van der Waals surface area (Å²) >= 11 is 2.82. The number of rotatable bonds is 5. The van der Waals surface area contributed by atoms with Crippen molar-refractivity contribution >= 4 is 34.1 Å². The summed E-state index contributed by atoms with van der Waals surface area (Å²) in [5, 5.41) is 10.9. The minimum absolute atomic E-state index is 0.0123. The Morgan fingerprint density at radius 2 is 2.04 bits per heavy atom. The number of hydrogen-bond donors (Lipinski definition) is 1. The van der Waals surface area contributed by atoms with Crippen LogP contribution in [0.4, 0.5) is 9.52 Å². The summed E-state index contributed by atoms with van der Waals surface area (Å²) in [6.07, 6.45) is 0. The zero-order valence-corrected chi connectivity index (χ0v) is 14.5. The van der Waals surface area contributed by atoms with Crippen LogP contribution >= 0.6 is 23.1 Å². The number of benzene rings is 2. The van der Waals surface area contributed by atoms with Gasteiger partial charge in [0.25, 0.3) is 5.91 Å². The number of aromatic nitrogens is 2. The third kappa shape index (κ3) is 4.18. The van der Waals surface area contributed by atoms with Crippen LogP contribution in [0.15, 0.2) is 52.9 Å². The molecule has 7 heteroatoms. The van der Waals surface area contributed by atoms with Crippen LogP contribution in [0.1, 0.15) is 21.5 Å². The summed E-state index contributed by atoms with van der Waals surface area (Å²) < 4.78 is 14.3. The molecule has 1 amide bonds. The smallest absolute Gasteiger partial charge is 0.260 e. The molecule has 24 heavy (non-hydrogen) atoms. The summed E-state index contributed by atoms with van der Waals surface area (Å²) in [7, 11) is 0. The molecule has 0 aliphatic carbocycles. The average Bonchev–Trinajstić information content (AvgIpc) is 3.01. The van der Waals surface area contributed by atoms with Gasteiger partial charge in [0.15, 0.2) is 4.34 Å². The van der Waals surface area contributed by atoms with Crippen molar-refractivity contribution in [2.24, 2.45) is 0 Å². The van der Waals surface area contributed by atoms with Gasteiger partial charge in [-0.2, -0.15) is 0 Å². The number of thioether (sulfide) groups is 1. The minimum Gasteiger partial charge on any atom is -0.296 e. The Morgan fingerprint density at radius 3 is 2.83 bits per heavy atom. The first-order valence-corrected chi connectivity index (χ1v) is 9.00. The molecule has 0 bridgehead atoms. The molecule has 0 saturated heterocycles. The fourth-order valence-electron chi connectivity index (χ4n) is 2.08. The van der Waals surface area contributed by atoms with Gasteiger partial charge in [-0.05, 0) is 24.6 Å². The van der Waals surface area contributed by atoms with Crippen molar-refractivity contribution in [1.29, 1.82) is 0 Å². The van der Waals surface area contributed by atoms with Gasteiger partial charge in [-0.3, -0.25) is 10.1 Å². The lowest BCUT2D eigenvalue weighted by Crippen LogP contribution is -2.13. The van der Waals surface area contributed by atoms with Crippen LogP contribution < -0.4 is 5.32 Å². The van der Waals surface area contributed by atoms with Crippen LogP contribution in [-0.2, 0) is 5.75 Å². The Morgan fingerprint density at radius 1 is 1.21 bits per heavy atom. The van der Waals surface area contributed by atoms with E-state index in [-0.39, 0.29) is 5.56 Å². The Bertz CT molecular complexity index is 866. The van der Waals surface area contributed by atoms with E-state index in [1.54, 1.807) is 17.8 Å². The van der Waals surface area contributed by atoms with Crippen molar-refractivity contribution < 1.29 is 9.18 Å². The third-order valence-electron chi connectivity index (χ3n) is 3.19. The first kappa shape index (κ1) is 16.6. The van der Waals surface area contributed by atoms with E-state index in [1.165, 1.54) is 40.7 Å². The molecule has 1 N–H and O–H groups in total. The standard InChI is InChI=1S/C17H14FN3OS2/c1-11-5-4-6-12(9-11)10-23-17-21-20-16(24-17)19-15(22)13-7-2-3-8-14(13)18/h2-9H,10H2,1H3,(H,19,20,22).